The fraction of sp³-hybridized carbons (Fsp3) is 0.250. The predicted molar refractivity (Wildman–Crippen MR) is 80.5 cm³/mol. The predicted octanol–water partition coefficient (Wildman–Crippen LogP) is 4.64. The van der Waals surface area contributed by atoms with Crippen molar-refractivity contribution >= 4 is 15.9 Å². The molecule has 0 aromatic heterocycles. The average Bonchev–Trinajstić information content (AvgIpc) is 2.41. The highest BCUT2D eigenvalue weighted by molar-refractivity contribution is 9.10. The van der Waals surface area contributed by atoms with Gasteiger partial charge in [-0.25, -0.2) is 0 Å². The van der Waals surface area contributed by atoms with E-state index in [1.54, 1.807) is 0 Å². The van der Waals surface area contributed by atoms with Crippen LogP contribution in [0, 0.1) is 0 Å². The van der Waals surface area contributed by atoms with E-state index in [1.807, 2.05) is 0 Å². The molecule has 1 atom stereocenters. The smallest absolute Gasteiger partial charge is 0.0320 e. The van der Waals surface area contributed by atoms with Crippen molar-refractivity contribution < 1.29 is 0 Å². The first kappa shape index (κ1) is 13.3. The van der Waals surface area contributed by atoms with Gasteiger partial charge in [-0.05, 0) is 37.2 Å². The molecular weight excluding hydrogens is 286 g/mol. The minimum atomic E-state index is 0.426. The molecule has 18 heavy (non-hydrogen) atoms. The van der Waals surface area contributed by atoms with Crippen molar-refractivity contribution in [1.29, 1.82) is 0 Å². The lowest BCUT2D eigenvalue weighted by molar-refractivity contribution is 0.253. The molecule has 0 bridgehead atoms. The fourth-order valence-corrected chi connectivity index (χ4v) is 2.27. The Morgan fingerprint density at radius 3 is 2.22 bits per heavy atom. The van der Waals surface area contributed by atoms with Crippen LogP contribution in [0.3, 0.4) is 0 Å². The van der Waals surface area contributed by atoms with Crippen molar-refractivity contribution in [2.75, 3.05) is 7.05 Å². The minimum Gasteiger partial charge on any atom is -0.295 e. The number of halogens is 1. The van der Waals surface area contributed by atoms with Gasteiger partial charge in [0, 0.05) is 17.1 Å². The van der Waals surface area contributed by atoms with Crippen LogP contribution in [0.4, 0.5) is 0 Å². The summed E-state index contributed by atoms with van der Waals surface area (Å²) >= 11 is 3.46. The van der Waals surface area contributed by atoms with Gasteiger partial charge in [0.1, 0.15) is 0 Å². The van der Waals surface area contributed by atoms with Crippen LogP contribution in [-0.4, -0.2) is 11.9 Å². The molecule has 94 valence electrons. The van der Waals surface area contributed by atoms with Gasteiger partial charge in [-0.15, -0.1) is 0 Å². The Labute approximate surface area is 118 Å². The fourth-order valence-electron chi connectivity index (χ4n) is 2.00. The SMILES string of the molecule is CC(c1ccccc1)N(C)Cc1ccc(Br)cc1. The van der Waals surface area contributed by atoms with Crippen molar-refractivity contribution in [3.05, 3.63) is 70.2 Å². The van der Waals surface area contributed by atoms with E-state index in [1.165, 1.54) is 11.1 Å². The van der Waals surface area contributed by atoms with E-state index in [2.05, 4.69) is 89.4 Å². The van der Waals surface area contributed by atoms with Gasteiger partial charge in [-0.3, -0.25) is 4.90 Å². The Bertz CT molecular complexity index is 478. The number of benzene rings is 2. The number of hydrogen-bond acceptors (Lipinski definition) is 1. The summed E-state index contributed by atoms with van der Waals surface area (Å²) in [5.74, 6) is 0. The molecule has 0 saturated heterocycles. The molecule has 0 saturated carbocycles. The van der Waals surface area contributed by atoms with Crippen LogP contribution in [0.1, 0.15) is 24.1 Å². The van der Waals surface area contributed by atoms with Crippen LogP contribution in [0.5, 0.6) is 0 Å². The van der Waals surface area contributed by atoms with Crippen molar-refractivity contribution in [3.63, 3.8) is 0 Å². The Kier molecular flexibility index (Phi) is 4.56. The van der Waals surface area contributed by atoms with Crippen LogP contribution in [-0.2, 0) is 6.54 Å². The monoisotopic (exact) mass is 303 g/mol. The zero-order valence-electron chi connectivity index (χ0n) is 10.8. The van der Waals surface area contributed by atoms with E-state index in [0.29, 0.717) is 6.04 Å². The highest BCUT2D eigenvalue weighted by Gasteiger charge is 2.11. The zero-order chi connectivity index (χ0) is 13.0. The van der Waals surface area contributed by atoms with Crippen LogP contribution in [0.2, 0.25) is 0 Å². The first-order valence-corrected chi connectivity index (χ1v) is 6.96. The normalized spacial score (nSPS) is 12.7. The van der Waals surface area contributed by atoms with Gasteiger partial charge in [0.25, 0.3) is 0 Å². The Balaban J connectivity index is 2.03. The van der Waals surface area contributed by atoms with E-state index in [9.17, 15) is 0 Å². The van der Waals surface area contributed by atoms with Crippen molar-refractivity contribution in [2.24, 2.45) is 0 Å². The first-order valence-electron chi connectivity index (χ1n) is 6.16. The molecule has 2 aromatic rings. The lowest BCUT2D eigenvalue weighted by Crippen LogP contribution is -2.21. The maximum atomic E-state index is 3.46. The summed E-state index contributed by atoms with van der Waals surface area (Å²) < 4.78 is 1.13. The number of rotatable bonds is 4. The summed E-state index contributed by atoms with van der Waals surface area (Å²) in [6.07, 6.45) is 0. The van der Waals surface area contributed by atoms with Crippen LogP contribution >= 0.6 is 15.9 Å². The Morgan fingerprint density at radius 1 is 1.00 bits per heavy atom. The molecule has 0 N–H and O–H groups in total. The molecule has 0 fully saturated rings. The molecule has 0 aliphatic heterocycles. The van der Waals surface area contributed by atoms with Crippen molar-refractivity contribution in [3.8, 4) is 0 Å². The largest absolute Gasteiger partial charge is 0.295 e. The van der Waals surface area contributed by atoms with E-state index < -0.39 is 0 Å². The van der Waals surface area contributed by atoms with Crippen LogP contribution < -0.4 is 0 Å². The lowest BCUT2D eigenvalue weighted by Gasteiger charge is -2.25. The minimum absolute atomic E-state index is 0.426. The molecule has 2 rings (SSSR count). The van der Waals surface area contributed by atoms with Gasteiger partial charge in [0.05, 0.1) is 0 Å². The third kappa shape index (κ3) is 3.44. The van der Waals surface area contributed by atoms with Gasteiger partial charge >= 0.3 is 0 Å². The quantitative estimate of drug-likeness (QED) is 0.795. The summed E-state index contributed by atoms with van der Waals surface area (Å²) in [5.41, 5.74) is 2.69. The Morgan fingerprint density at radius 2 is 1.61 bits per heavy atom. The molecule has 1 unspecified atom stereocenters. The highest BCUT2D eigenvalue weighted by Crippen LogP contribution is 2.20. The topological polar surface area (TPSA) is 3.24 Å². The summed E-state index contributed by atoms with van der Waals surface area (Å²) in [4.78, 5) is 2.36. The van der Waals surface area contributed by atoms with Crippen molar-refractivity contribution in [2.45, 2.75) is 19.5 Å². The van der Waals surface area contributed by atoms with Crippen LogP contribution in [0.15, 0.2) is 59.1 Å². The van der Waals surface area contributed by atoms with E-state index >= 15 is 0 Å². The van der Waals surface area contributed by atoms with Gasteiger partial charge in [0.15, 0.2) is 0 Å². The van der Waals surface area contributed by atoms with Crippen LogP contribution in [0.25, 0.3) is 0 Å². The molecule has 2 aromatic carbocycles. The van der Waals surface area contributed by atoms with Gasteiger partial charge in [-0.2, -0.15) is 0 Å². The molecule has 0 aliphatic carbocycles. The molecular formula is C16H18BrN. The molecule has 0 spiro atoms. The summed E-state index contributed by atoms with van der Waals surface area (Å²) in [6, 6.07) is 19.6. The molecule has 0 aliphatic rings. The molecule has 0 amide bonds. The molecule has 1 nitrogen and oxygen atoms in total. The van der Waals surface area contributed by atoms with E-state index in [4.69, 9.17) is 0 Å². The third-order valence-electron chi connectivity index (χ3n) is 3.29. The second kappa shape index (κ2) is 6.17. The summed E-state index contributed by atoms with van der Waals surface area (Å²) in [5, 5.41) is 0. The molecule has 2 heteroatoms. The second-order valence-corrected chi connectivity index (χ2v) is 5.54. The zero-order valence-corrected chi connectivity index (χ0v) is 12.4. The Hall–Kier alpha value is -1.12. The van der Waals surface area contributed by atoms with E-state index in [-0.39, 0.29) is 0 Å². The summed E-state index contributed by atoms with van der Waals surface area (Å²) in [7, 11) is 2.17. The summed E-state index contributed by atoms with van der Waals surface area (Å²) in [6.45, 7) is 3.21. The number of hydrogen-bond donors (Lipinski definition) is 0. The standard InChI is InChI=1S/C16H18BrN/c1-13(15-6-4-3-5-7-15)18(2)12-14-8-10-16(17)11-9-14/h3-11,13H,12H2,1-2H3. The average molecular weight is 304 g/mol. The second-order valence-electron chi connectivity index (χ2n) is 4.63. The van der Waals surface area contributed by atoms with Gasteiger partial charge in [0.2, 0.25) is 0 Å². The maximum absolute atomic E-state index is 3.46. The van der Waals surface area contributed by atoms with Gasteiger partial charge in [-0.1, -0.05) is 58.4 Å². The maximum Gasteiger partial charge on any atom is 0.0320 e. The molecule has 0 radical (unpaired) electrons. The first-order chi connectivity index (χ1) is 8.66. The van der Waals surface area contributed by atoms with E-state index in [0.717, 1.165) is 11.0 Å². The lowest BCUT2D eigenvalue weighted by atomic mass is 10.1. The van der Waals surface area contributed by atoms with Crippen molar-refractivity contribution in [1.82, 2.24) is 4.90 Å². The highest BCUT2D eigenvalue weighted by atomic mass is 79.9. The third-order valence-corrected chi connectivity index (χ3v) is 3.82. The number of nitrogens with zero attached hydrogens (tertiary/aromatic N) is 1. The van der Waals surface area contributed by atoms with Gasteiger partial charge < -0.3 is 0 Å². The molecule has 0 heterocycles.